The highest BCUT2D eigenvalue weighted by Gasteiger charge is 2.32. The van der Waals surface area contributed by atoms with Crippen LogP contribution in [0.5, 0.6) is 0 Å². The summed E-state index contributed by atoms with van der Waals surface area (Å²) in [7, 11) is -3.67. The Kier molecular flexibility index (Phi) is 2.23. The van der Waals surface area contributed by atoms with Crippen molar-refractivity contribution in [2.75, 3.05) is 5.75 Å². The Hall–Kier alpha value is -1.82. The van der Waals surface area contributed by atoms with Gasteiger partial charge in [-0.1, -0.05) is 12.1 Å². The first-order chi connectivity index (χ1) is 7.43. The van der Waals surface area contributed by atoms with E-state index < -0.39 is 32.9 Å². The van der Waals surface area contributed by atoms with Gasteiger partial charge in [-0.15, -0.1) is 0 Å². The maximum atomic E-state index is 11.7. The van der Waals surface area contributed by atoms with Gasteiger partial charge in [-0.05, 0) is 12.1 Å². The Balaban J connectivity index is 2.80. The van der Waals surface area contributed by atoms with Crippen molar-refractivity contribution in [3.63, 3.8) is 0 Å². The van der Waals surface area contributed by atoms with Crippen LogP contribution in [0.3, 0.4) is 0 Å². The van der Waals surface area contributed by atoms with Crippen molar-refractivity contribution in [1.82, 2.24) is 0 Å². The van der Waals surface area contributed by atoms with Gasteiger partial charge in [0.1, 0.15) is 5.76 Å². The molecule has 1 aromatic rings. The quantitative estimate of drug-likeness (QED) is 0.758. The average molecular weight is 240 g/mol. The molecule has 1 heterocycles. The van der Waals surface area contributed by atoms with E-state index in [-0.39, 0.29) is 10.5 Å². The molecule has 0 radical (unpaired) electrons. The first kappa shape index (κ1) is 10.7. The lowest BCUT2D eigenvalue weighted by Gasteiger charge is -2.17. The molecule has 1 aliphatic rings. The number of hydrogen-bond acceptors (Lipinski definition) is 4. The Morgan fingerprint density at radius 1 is 1.25 bits per heavy atom. The Morgan fingerprint density at radius 2 is 1.88 bits per heavy atom. The number of carboxylic acid groups (broad SMARTS) is 1. The summed E-state index contributed by atoms with van der Waals surface area (Å²) < 4.78 is 23.4. The van der Waals surface area contributed by atoms with Gasteiger partial charge in [0.25, 0.3) is 0 Å². The molecule has 16 heavy (non-hydrogen) atoms. The molecule has 1 aliphatic heterocycles. The molecule has 6 heteroatoms. The zero-order chi connectivity index (χ0) is 11.9. The highest BCUT2D eigenvalue weighted by molar-refractivity contribution is 7.91. The van der Waals surface area contributed by atoms with E-state index in [1.165, 1.54) is 24.3 Å². The van der Waals surface area contributed by atoms with Crippen LogP contribution >= 0.6 is 0 Å². The number of aliphatic hydroxyl groups excluding tert-OH is 1. The number of aliphatic carboxylic acids is 1. The van der Waals surface area contributed by atoms with E-state index in [2.05, 4.69) is 0 Å². The molecule has 1 aromatic carbocycles. The van der Waals surface area contributed by atoms with Crippen molar-refractivity contribution in [2.45, 2.75) is 4.90 Å². The van der Waals surface area contributed by atoms with Crippen LogP contribution in [0.15, 0.2) is 34.7 Å². The van der Waals surface area contributed by atoms with Crippen LogP contribution in [0.1, 0.15) is 5.56 Å². The standard InChI is InChI=1S/C10H8O5S/c11-9-6-3-1-2-4-8(6)16(14,15)5-7(9)10(12)13/h1-4,11H,5H2,(H,12,13). The SMILES string of the molecule is O=C(O)C1=C(O)c2ccccc2S(=O)(=O)C1. The Morgan fingerprint density at radius 3 is 2.50 bits per heavy atom. The summed E-state index contributed by atoms with van der Waals surface area (Å²) in [5, 5.41) is 18.4. The second kappa shape index (κ2) is 3.34. The third-order valence-corrected chi connectivity index (χ3v) is 4.05. The van der Waals surface area contributed by atoms with Crippen LogP contribution in [0, 0.1) is 0 Å². The number of sulfone groups is 1. The minimum absolute atomic E-state index is 0.0301. The Labute approximate surface area is 91.6 Å². The van der Waals surface area contributed by atoms with E-state index in [0.717, 1.165) is 0 Å². The maximum absolute atomic E-state index is 11.7. The lowest BCUT2D eigenvalue weighted by atomic mass is 10.1. The largest absolute Gasteiger partial charge is 0.507 e. The molecule has 5 nitrogen and oxygen atoms in total. The van der Waals surface area contributed by atoms with Gasteiger partial charge in [0.05, 0.1) is 16.2 Å². The van der Waals surface area contributed by atoms with Gasteiger partial charge < -0.3 is 10.2 Å². The van der Waals surface area contributed by atoms with Crippen LogP contribution in [0.2, 0.25) is 0 Å². The first-order valence-corrected chi connectivity index (χ1v) is 6.06. The fourth-order valence-electron chi connectivity index (χ4n) is 1.60. The van der Waals surface area contributed by atoms with Gasteiger partial charge in [0, 0.05) is 5.56 Å². The number of carbonyl (C=O) groups is 1. The van der Waals surface area contributed by atoms with Crippen molar-refractivity contribution < 1.29 is 23.4 Å². The molecule has 0 bridgehead atoms. The molecule has 0 unspecified atom stereocenters. The summed E-state index contributed by atoms with van der Waals surface area (Å²) >= 11 is 0. The normalized spacial score (nSPS) is 18.0. The van der Waals surface area contributed by atoms with E-state index in [9.17, 15) is 18.3 Å². The highest BCUT2D eigenvalue weighted by atomic mass is 32.2. The fourth-order valence-corrected chi connectivity index (χ4v) is 3.18. The van der Waals surface area contributed by atoms with Crippen molar-refractivity contribution in [3.05, 3.63) is 35.4 Å². The summed E-state index contributed by atoms with van der Waals surface area (Å²) in [5.74, 6) is -2.57. The third-order valence-electron chi connectivity index (χ3n) is 2.36. The zero-order valence-electron chi connectivity index (χ0n) is 8.04. The first-order valence-electron chi connectivity index (χ1n) is 4.41. The second-order valence-electron chi connectivity index (χ2n) is 3.39. The van der Waals surface area contributed by atoms with Gasteiger partial charge in [-0.2, -0.15) is 0 Å². The smallest absolute Gasteiger partial charge is 0.336 e. The van der Waals surface area contributed by atoms with Crippen molar-refractivity contribution >= 4 is 21.6 Å². The van der Waals surface area contributed by atoms with Crippen molar-refractivity contribution in [1.29, 1.82) is 0 Å². The van der Waals surface area contributed by atoms with Crippen LogP contribution in [-0.2, 0) is 14.6 Å². The van der Waals surface area contributed by atoms with E-state index in [0.29, 0.717) is 0 Å². The minimum Gasteiger partial charge on any atom is -0.507 e. The number of fused-ring (bicyclic) bond motifs is 1. The molecular formula is C10H8O5S. The van der Waals surface area contributed by atoms with Gasteiger partial charge >= 0.3 is 5.97 Å². The molecule has 0 fully saturated rings. The number of benzene rings is 1. The lowest BCUT2D eigenvalue weighted by Crippen LogP contribution is -2.22. The van der Waals surface area contributed by atoms with Crippen LogP contribution in [-0.4, -0.2) is 30.4 Å². The highest BCUT2D eigenvalue weighted by Crippen LogP contribution is 2.31. The molecule has 84 valence electrons. The molecule has 0 saturated heterocycles. The number of rotatable bonds is 1. The van der Waals surface area contributed by atoms with Crippen LogP contribution < -0.4 is 0 Å². The fraction of sp³-hybridized carbons (Fsp3) is 0.100. The van der Waals surface area contributed by atoms with Gasteiger partial charge in [0.15, 0.2) is 9.84 Å². The molecule has 2 rings (SSSR count). The maximum Gasteiger partial charge on any atom is 0.336 e. The molecule has 0 aliphatic carbocycles. The van der Waals surface area contributed by atoms with Crippen molar-refractivity contribution in [2.24, 2.45) is 0 Å². The summed E-state index contributed by atoms with van der Waals surface area (Å²) in [5.41, 5.74) is -0.440. The topological polar surface area (TPSA) is 91.7 Å². The lowest BCUT2D eigenvalue weighted by molar-refractivity contribution is -0.132. The third kappa shape index (κ3) is 1.47. The van der Waals surface area contributed by atoms with Crippen LogP contribution in [0.4, 0.5) is 0 Å². The van der Waals surface area contributed by atoms with E-state index >= 15 is 0 Å². The molecule has 0 atom stereocenters. The summed E-state index contributed by atoms with van der Waals surface area (Å²) in [6.45, 7) is 0. The number of aliphatic hydroxyl groups is 1. The van der Waals surface area contributed by atoms with Crippen molar-refractivity contribution in [3.8, 4) is 0 Å². The van der Waals surface area contributed by atoms with Gasteiger partial charge in [-0.25, -0.2) is 13.2 Å². The molecular weight excluding hydrogens is 232 g/mol. The summed E-state index contributed by atoms with van der Waals surface area (Å²) in [6, 6.07) is 5.79. The monoisotopic (exact) mass is 240 g/mol. The average Bonchev–Trinajstić information content (AvgIpc) is 2.23. The minimum atomic E-state index is -3.67. The van der Waals surface area contributed by atoms with Gasteiger partial charge in [-0.3, -0.25) is 0 Å². The molecule has 0 spiro atoms. The molecule has 0 amide bonds. The van der Waals surface area contributed by atoms with E-state index in [4.69, 9.17) is 5.11 Å². The predicted octanol–water partition coefficient (Wildman–Crippen LogP) is 0.828. The summed E-state index contributed by atoms with van der Waals surface area (Å²) in [6.07, 6.45) is 0. The predicted molar refractivity (Wildman–Crippen MR) is 55.7 cm³/mol. The van der Waals surface area contributed by atoms with Crippen LogP contribution in [0.25, 0.3) is 5.76 Å². The second-order valence-corrected chi connectivity index (χ2v) is 5.35. The number of hydrogen-bond donors (Lipinski definition) is 2. The molecule has 0 aromatic heterocycles. The van der Waals surface area contributed by atoms with E-state index in [1.807, 2.05) is 0 Å². The Bertz CT molecular complexity index is 597. The zero-order valence-corrected chi connectivity index (χ0v) is 8.86. The van der Waals surface area contributed by atoms with E-state index in [1.54, 1.807) is 0 Å². The number of carboxylic acids is 1. The molecule has 0 saturated carbocycles. The molecule has 2 N–H and O–H groups in total. The van der Waals surface area contributed by atoms with Gasteiger partial charge in [0.2, 0.25) is 0 Å². The summed E-state index contributed by atoms with van der Waals surface area (Å²) in [4.78, 5) is 10.7.